The van der Waals surface area contributed by atoms with Crippen LogP contribution in [0.3, 0.4) is 0 Å². The lowest BCUT2D eigenvalue weighted by Crippen LogP contribution is -2.40. The summed E-state index contributed by atoms with van der Waals surface area (Å²) in [5.41, 5.74) is 1.58. The van der Waals surface area contributed by atoms with Crippen molar-refractivity contribution in [2.45, 2.75) is 40.0 Å². The summed E-state index contributed by atoms with van der Waals surface area (Å²) < 4.78 is 1.63. The molecule has 2 aromatic carbocycles. The average Bonchev–Trinajstić information content (AvgIpc) is 3.17. The minimum absolute atomic E-state index is 0.124. The molecule has 1 N–H and O–H groups in total. The fraction of sp³-hybridized carbons (Fsp3) is 0.346. The quantitative estimate of drug-likeness (QED) is 0.418. The Kier molecular flexibility index (Phi) is 8.05. The lowest BCUT2D eigenvalue weighted by molar-refractivity contribution is -0.117. The highest BCUT2D eigenvalue weighted by molar-refractivity contribution is 6.34. The molecule has 2 amide bonds. The maximum Gasteiger partial charge on any atom is 0.255 e. The molecule has 1 aromatic heterocycles. The Morgan fingerprint density at radius 3 is 2.24 bits per heavy atom. The first-order valence-corrected chi connectivity index (χ1v) is 11.9. The lowest BCUT2D eigenvalue weighted by atomic mass is 9.92. The number of hydrogen-bond donors (Lipinski definition) is 1. The van der Waals surface area contributed by atoms with Crippen LogP contribution in [0.1, 0.15) is 50.7 Å². The molecule has 0 aliphatic rings. The molecular weight excluding hydrogens is 471 g/mol. The molecule has 0 aliphatic heterocycles. The van der Waals surface area contributed by atoms with Crippen molar-refractivity contribution in [3.8, 4) is 5.69 Å². The zero-order chi connectivity index (χ0) is 25.0. The number of nitrogens with zero attached hydrogens (tertiary/aromatic N) is 3. The highest BCUT2D eigenvalue weighted by Gasteiger charge is 2.25. The summed E-state index contributed by atoms with van der Waals surface area (Å²) in [7, 11) is 0. The summed E-state index contributed by atoms with van der Waals surface area (Å²) in [6.07, 6.45) is 0. The average molecular weight is 501 g/mol. The van der Waals surface area contributed by atoms with E-state index in [4.69, 9.17) is 28.3 Å². The van der Waals surface area contributed by atoms with Crippen LogP contribution in [-0.4, -0.2) is 39.6 Å². The van der Waals surface area contributed by atoms with E-state index in [0.29, 0.717) is 33.7 Å². The van der Waals surface area contributed by atoms with Gasteiger partial charge in [-0.1, -0.05) is 82.1 Å². The van der Waals surface area contributed by atoms with Crippen molar-refractivity contribution < 1.29 is 9.59 Å². The van der Waals surface area contributed by atoms with Crippen LogP contribution in [0.2, 0.25) is 10.0 Å². The molecule has 0 saturated heterocycles. The van der Waals surface area contributed by atoms with Crippen LogP contribution in [0, 0.1) is 5.92 Å². The predicted molar refractivity (Wildman–Crippen MR) is 138 cm³/mol. The van der Waals surface area contributed by atoms with E-state index in [1.807, 2.05) is 58.9 Å². The van der Waals surface area contributed by atoms with Gasteiger partial charge in [0.05, 0.1) is 27.0 Å². The number of rotatable bonds is 7. The van der Waals surface area contributed by atoms with Crippen LogP contribution in [0.5, 0.6) is 0 Å². The topological polar surface area (TPSA) is 67.2 Å². The van der Waals surface area contributed by atoms with E-state index in [1.165, 1.54) is 4.90 Å². The predicted octanol–water partition coefficient (Wildman–Crippen LogP) is 6.21. The third-order valence-corrected chi connectivity index (χ3v) is 5.79. The zero-order valence-electron chi connectivity index (χ0n) is 20.1. The lowest BCUT2D eigenvalue weighted by Gasteiger charge is -2.24. The number of amides is 2. The fourth-order valence-corrected chi connectivity index (χ4v) is 3.90. The number of benzene rings is 2. The third kappa shape index (κ3) is 6.19. The molecule has 0 radical (unpaired) electrons. The molecule has 6 nitrogen and oxygen atoms in total. The van der Waals surface area contributed by atoms with Gasteiger partial charge in [-0.3, -0.25) is 9.59 Å². The Morgan fingerprint density at radius 1 is 1.03 bits per heavy atom. The third-order valence-electron chi connectivity index (χ3n) is 5.14. The first-order chi connectivity index (χ1) is 16.0. The van der Waals surface area contributed by atoms with Gasteiger partial charge >= 0.3 is 0 Å². The standard InChI is InChI=1S/C26H30Cl2N4O2/c1-17(2)15-31(25(34)18-10-6-7-11-19(18)27)16-24(33)29-23-14-22(26(3,4)5)30-32(23)21-13-9-8-12-20(21)28/h6-14,17H,15-16H2,1-5H3,(H,29,33). The van der Waals surface area contributed by atoms with E-state index in [0.717, 1.165) is 5.69 Å². The van der Waals surface area contributed by atoms with Gasteiger partial charge in [-0.2, -0.15) is 5.10 Å². The number of carbonyl (C=O) groups is 2. The molecule has 34 heavy (non-hydrogen) atoms. The van der Waals surface area contributed by atoms with Crippen LogP contribution in [0.4, 0.5) is 5.82 Å². The molecule has 8 heteroatoms. The molecular formula is C26H30Cl2N4O2. The van der Waals surface area contributed by atoms with Crippen molar-refractivity contribution in [3.05, 3.63) is 75.9 Å². The summed E-state index contributed by atoms with van der Waals surface area (Å²) in [5, 5.41) is 8.50. The van der Waals surface area contributed by atoms with E-state index in [9.17, 15) is 9.59 Å². The molecule has 180 valence electrons. The number of hydrogen-bond acceptors (Lipinski definition) is 3. The highest BCUT2D eigenvalue weighted by Crippen LogP contribution is 2.29. The Labute approximate surface area is 210 Å². The van der Waals surface area contributed by atoms with Crippen LogP contribution in [-0.2, 0) is 10.2 Å². The summed E-state index contributed by atoms with van der Waals surface area (Å²) >= 11 is 12.7. The maximum absolute atomic E-state index is 13.2. The first-order valence-electron chi connectivity index (χ1n) is 11.2. The Bertz CT molecular complexity index is 1180. The first kappa shape index (κ1) is 25.8. The normalized spacial score (nSPS) is 11.5. The second-order valence-corrected chi connectivity index (χ2v) is 10.4. The molecule has 0 aliphatic carbocycles. The Morgan fingerprint density at radius 2 is 1.65 bits per heavy atom. The van der Waals surface area contributed by atoms with Crippen LogP contribution < -0.4 is 5.32 Å². The monoisotopic (exact) mass is 500 g/mol. The van der Waals surface area contributed by atoms with Gasteiger partial charge in [-0.25, -0.2) is 4.68 Å². The Hall–Kier alpha value is -2.83. The number of nitrogens with one attached hydrogen (secondary N) is 1. The second kappa shape index (κ2) is 10.6. The number of anilines is 1. The van der Waals surface area contributed by atoms with Gasteiger partial charge in [-0.05, 0) is 30.2 Å². The SMILES string of the molecule is CC(C)CN(CC(=O)Nc1cc(C(C)(C)C)nn1-c1ccccc1Cl)C(=O)c1ccccc1Cl. The Balaban J connectivity index is 1.90. The van der Waals surface area contributed by atoms with Gasteiger partial charge in [0.1, 0.15) is 12.4 Å². The van der Waals surface area contributed by atoms with Crippen molar-refractivity contribution in [1.29, 1.82) is 0 Å². The summed E-state index contributed by atoms with van der Waals surface area (Å²) in [6.45, 7) is 10.4. The summed E-state index contributed by atoms with van der Waals surface area (Å²) in [4.78, 5) is 27.8. The largest absolute Gasteiger partial charge is 0.329 e. The molecule has 0 fully saturated rings. The molecule has 0 atom stereocenters. The van der Waals surface area contributed by atoms with Gasteiger partial charge in [0, 0.05) is 18.0 Å². The number of para-hydroxylation sites is 1. The highest BCUT2D eigenvalue weighted by atomic mass is 35.5. The number of halogens is 2. The molecule has 3 rings (SSSR count). The maximum atomic E-state index is 13.2. The van der Waals surface area contributed by atoms with Gasteiger partial charge in [-0.15, -0.1) is 0 Å². The molecule has 0 unspecified atom stereocenters. The molecule has 0 spiro atoms. The van der Waals surface area contributed by atoms with Gasteiger partial charge < -0.3 is 10.2 Å². The van der Waals surface area contributed by atoms with Crippen molar-refractivity contribution in [2.75, 3.05) is 18.4 Å². The van der Waals surface area contributed by atoms with E-state index in [1.54, 1.807) is 35.0 Å². The fourth-order valence-electron chi connectivity index (χ4n) is 3.46. The minimum atomic E-state index is -0.338. The van der Waals surface area contributed by atoms with Crippen molar-refractivity contribution in [3.63, 3.8) is 0 Å². The van der Waals surface area contributed by atoms with Crippen LogP contribution in [0.15, 0.2) is 54.6 Å². The van der Waals surface area contributed by atoms with Crippen molar-refractivity contribution in [1.82, 2.24) is 14.7 Å². The number of aromatic nitrogens is 2. The zero-order valence-corrected chi connectivity index (χ0v) is 21.6. The second-order valence-electron chi connectivity index (χ2n) is 9.64. The van der Waals surface area contributed by atoms with Gasteiger partial charge in [0.2, 0.25) is 5.91 Å². The molecule has 1 heterocycles. The summed E-state index contributed by atoms with van der Waals surface area (Å²) in [5.74, 6) is 0.0252. The van der Waals surface area contributed by atoms with Gasteiger partial charge in [0.25, 0.3) is 5.91 Å². The molecule has 3 aromatic rings. The smallest absolute Gasteiger partial charge is 0.255 e. The molecule has 0 saturated carbocycles. The van der Waals surface area contributed by atoms with Crippen LogP contribution >= 0.6 is 23.2 Å². The molecule has 0 bridgehead atoms. The van der Waals surface area contributed by atoms with E-state index < -0.39 is 0 Å². The van der Waals surface area contributed by atoms with E-state index >= 15 is 0 Å². The van der Waals surface area contributed by atoms with E-state index in [2.05, 4.69) is 5.32 Å². The summed E-state index contributed by atoms with van der Waals surface area (Å²) in [6, 6.07) is 16.0. The van der Waals surface area contributed by atoms with Crippen molar-refractivity contribution in [2.24, 2.45) is 5.92 Å². The number of carbonyl (C=O) groups excluding carboxylic acids is 2. The minimum Gasteiger partial charge on any atom is -0.329 e. The van der Waals surface area contributed by atoms with E-state index in [-0.39, 0.29) is 29.7 Å². The van der Waals surface area contributed by atoms with Crippen LogP contribution in [0.25, 0.3) is 5.69 Å². The van der Waals surface area contributed by atoms with Gasteiger partial charge in [0.15, 0.2) is 0 Å². The van der Waals surface area contributed by atoms with Crippen molar-refractivity contribution >= 4 is 40.8 Å².